The highest BCUT2D eigenvalue weighted by Crippen LogP contribution is 2.43. The topological polar surface area (TPSA) is 149 Å². The van der Waals surface area contributed by atoms with Crippen LogP contribution in [-0.4, -0.2) is 65.7 Å². The lowest BCUT2D eigenvalue weighted by atomic mass is 10.1. The van der Waals surface area contributed by atoms with E-state index in [4.69, 9.17) is 19.1 Å². The largest absolute Gasteiger partial charge is 0.472 e. The van der Waals surface area contributed by atoms with Gasteiger partial charge in [-0.05, 0) is 44.9 Å². The Bertz CT molecular complexity index is 750. The number of rotatable bonds is 24. The highest BCUT2D eigenvalue weighted by molar-refractivity contribution is 7.47. The normalized spacial score (nSPS) is 15.2. The van der Waals surface area contributed by atoms with E-state index < -0.39 is 51.8 Å². The number of aliphatic hydroxyl groups excluding tert-OH is 2. The van der Waals surface area contributed by atoms with Crippen molar-refractivity contribution in [2.75, 3.05) is 26.4 Å². The molecule has 0 heterocycles. The average Bonchev–Trinajstić information content (AvgIpc) is 2.90. The molecule has 0 amide bonds. The number of carbonyl (C=O) groups is 2. The Morgan fingerprint density at radius 1 is 0.816 bits per heavy atom. The first kappa shape index (κ1) is 36.2. The van der Waals surface area contributed by atoms with Gasteiger partial charge in [-0.3, -0.25) is 18.6 Å². The van der Waals surface area contributed by atoms with Crippen LogP contribution in [0.25, 0.3) is 0 Å². The number of hydrogen-bond donors (Lipinski definition) is 3. The Kier molecular flexibility index (Phi) is 23.1. The number of allylic oxidation sites excluding steroid dienone is 6. The summed E-state index contributed by atoms with van der Waals surface area (Å²) in [4.78, 5) is 33.8. The number of ether oxygens (including phenoxy) is 2. The number of esters is 2. The first-order valence-electron chi connectivity index (χ1n) is 13.4. The van der Waals surface area contributed by atoms with Crippen LogP contribution in [-0.2, 0) is 32.7 Å². The monoisotopic (exact) mass is 562 g/mol. The summed E-state index contributed by atoms with van der Waals surface area (Å²) in [5.74, 6) is -1.01. The first-order valence-corrected chi connectivity index (χ1v) is 14.9. The van der Waals surface area contributed by atoms with Crippen LogP contribution in [0.2, 0.25) is 0 Å². The Balaban J connectivity index is 4.42. The van der Waals surface area contributed by atoms with Crippen LogP contribution >= 0.6 is 7.82 Å². The van der Waals surface area contributed by atoms with Gasteiger partial charge in [-0.15, -0.1) is 0 Å². The molecular formula is C27H47O10P. The molecule has 0 aliphatic rings. The Hall–Kier alpha value is -1.81. The van der Waals surface area contributed by atoms with Gasteiger partial charge in [0.15, 0.2) is 6.10 Å². The molecule has 0 aromatic carbocycles. The van der Waals surface area contributed by atoms with E-state index in [1.807, 2.05) is 6.92 Å². The molecule has 3 atom stereocenters. The standard InChI is InChI=1S/C27H47O10P/c1-3-5-7-8-9-10-11-12-13-14-15-16-17-19-27(31)37-25(22-34-26(30)18-6-4-2)23-36-38(32,33)35-21-24(29)20-28/h5,7,9-10,12-13,24-25,28-29H,3-4,6,8,11,14-23H2,1-2H3,(H,32,33)/b7-5-,10-9-,13-12-. The Labute approximate surface area is 227 Å². The number of unbranched alkanes of at least 4 members (excludes halogenated alkanes) is 4. The lowest BCUT2D eigenvalue weighted by Gasteiger charge is -2.20. The predicted octanol–water partition coefficient (Wildman–Crippen LogP) is 4.93. The molecule has 220 valence electrons. The van der Waals surface area contributed by atoms with Gasteiger partial charge < -0.3 is 24.6 Å². The number of hydrogen-bond acceptors (Lipinski definition) is 9. The third-order valence-corrected chi connectivity index (χ3v) is 6.01. The van der Waals surface area contributed by atoms with Gasteiger partial charge >= 0.3 is 19.8 Å². The molecule has 0 aromatic heterocycles. The molecule has 0 aromatic rings. The minimum Gasteiger partial charge on any atom is -0.462 e. The summed E-state index contributed by atoms with van der Waals surface area (Å²) in [6, 6.07) is 0. The van der Waals surface area contributed by atoms with Gasteiger partial charge in [0, 0.05) is 12.8 Å². The fourth-order valence-corrected chi connectivity index (χ4v) is 3.71. The van der Waals surface area contributed by atoms with Crippen LogP contribution in [0.15, 0.2) is 36.5 Å². The molecule has 3 N–H and O–H groups in total. The number of phosphoric ester groups is 1. The Morgan fingerprint density at radius 2 is 1.45 bits per heavy atom. The fraction of sp³-hybridized carbons (Fsp3) is 0.704. The van der Waals surface area contributed by atoms with Crippen LogP contribution in [0.5, 0.6) is 0 Å². The van der Waals surface area contributed by atoms with Crippen LogP contribution in [0.3, 0.4) is 0 Å². The SMILES string of the molecule is CC/C=C\C/C=C\C/C=C\CCCCCC(=O)OC(COC(=O)CCCC)COP(=O)(O)OCC(O)CO. The van der Waals surface area contributed by atoms with Crippen LogP contribution < -0.4 is 0 Å². The second-order valence-corrected chi connectivity index (χ2v) is 10.1. The van der Waals surface area contributed by atoms with Crippen molar-refractivity contribution >= 4 is 19.8 Å². The van der Waals surface area contributed by atoms with Crippen molar-refractivity contribution in [1.29, 1.82) is 0 Å². The first-order chi connectivity index (χ1) is 18.2. The van der Waals surface area contributed by atoms with Gasteiger partial charge in [0.25, 0.3) is 0 Å². The number of aliphatic hydroxyl groups is 2. The van der Waals surface area contributed by atoms with E-state index in [1.54, 1.807) is 0 Å². The summed E-state index contributed by atoms with van der Waals surface area (Å²) < 4.78 is 31.8. The van der Waals surface area contributed by atoms with Crippen LogP contribution in [0.4, 0.5) is 0 Å². The second-order valence-electron chi connectivity index (χ2n) is 8.69. The number of carbonyl (C=O) groups excluding carboxylic acids is 2. The summed E-state index contributed by atoms with van der Waals surface area (Å²) in [5.41, 5.74) is 0. The zero-order chi connectivity index (χ0) is 28.5. The minimum absolute atomic E-state index is 0.147. The highest BCUT2D eigenvalue weighted by atomic mass is 31.2. The van der Waals surface area contributed by atoms with Crippen molar-refractivity contribution in [3.8, 4) is 0 Å². The van der Waals surface area contributed by atoms with E-state index >= 15 is 0 Å². The van der Waals surface area contributed by atoms with Gasteiger partial charge in [-0.25, -0.2) is 4.57 Å². The van der Waals surface area contributed by atoms with E-state index in [2.05, 4.69) is 47.9 Å². The van der Waals surface area contributed by atoms with Gasteiger partial charge in [-0.1, -0.05) is 63.1 Å². The zero-order valence-corrected chi connectivity index (χ0v) is 23.8. The van der Waals surface area contributed by atoms with Crippen molar-refractivity contribution < 1.29 is 47.8 Å². The molecule has 0 aliphatic heterocycles. The molecule has 0 fully saturated rings. The molecule has 11 heteroatoms. The van der Waals surface area contributed by atoms with E-state index in [9.17, 15) is 24.2 Å². The molecule has 0 bridgehead atoms. The van der Waals surface area contributed by atoms with Crippen molar-refractivity contribution in [3.63, 3.8) is 0 Å². The zero-order valence-electron chi connectivity index (χ0n) is 22.9. The van der Waals surface area contributed by atoms with Gasteiger partial charge in [0.05, 0.1) is 19.8 Å². The smallest absolute Gasteiger partial charge is 0.462 e. The summed E-state index contributed by atoms with van der Waals surface area (Å²) in [7, 11) is -4.59. The lowest BCUT2D eigenvalue weighted by Crippen LogP contribution is -2.29. The summed E-state index contributed by atoms with van der Waals surface area (Å²) in [5, 5.41) is 18.0. The van der Waals surface area contributed by atoms with Crippen molar-refractivity contribution in [2.24, 2.45) is 0 Å². The highest BCUT2D eigenvalue weighted by Gasteiger charge is 2.27. The van der Waals surface area contributed by atoms with Gasteiger partial charge in [0.2, 0.25) is 0 Å². The van der Waals surface area contributed by atoms with Crippen LogP contribution in [0, 0.1) is 0 Å². The molecule has 38 heavy (non-hydrogen) atoms. The summed E-state index contributed by atoms with van der Waals surface area (Å²) in [6.45, 7) is 1.88. The fourth-order valence-electron chi connectivity index (χ4n) is 2.92. The van der Waals surface area contributed by atoms with Crippen molar-refractivity contribution in [3.05, 3.63) is 36.5 Å². The lowest BCUT2D eigenvalue weighted by molar-refractivity contribution is -0.161. The number of phosphoric acid groups is 1. The molecule has 0 radical (unpaired) electrons. The van der Waals surface area contributed by atoms with E-state index in [-0.39, 0.29) is 19.4 Å². The molecule has 0 aliphatic carbocycles. The van der Waals surface area contributed by atoms with Crippen molar-refractivity contribution in [2.45, 2.75) is 96.7 Å². The summed E-state index contributed by atoms with van der Waals surface area (Å²) in [6.07, 6.45) is 18.4. The average molecular weight is 563 g/mol. The maximum absolute atomic E-state index is 12.3. The molecular weight excluding hydrogens is 515 g/mol. The Morgan fingerprint density at radius 3 is 2.11 bits per heavy atom. The maximum atomic E-state index is 12.3. The molecule has 0 saturated carbocycles. The molecule has 0 rings (SSSR count). The third kappa shape index (κ3) is 23.3. The quantitative estimate of drug-likeness (QED) is 0.0640. The summed E-state index contributed by atoms with van der Waals surface area (Å²) >= 11 is 0. The predicted molar refractivity (Wildman–Crippen MR) is 145 cm³/mol. The minimum atomic E-state index is -4.59. The second kappa shape index (κ2) is 24.2. The maximum Gasteiger partial charge on any atom is 0.472 e. The van der Waals surface area contributed by atoms with E-state index in [0.29, 0.717) is 12.8 Å². The molecule has 0 spiro atoms. The van der Waals surface area contributed by atoms with Gasteiger partial charge in [0.1, 0.15) is 12.7 Å². The van der Waals surface area contributed by atoms with E-state index in [0.717, 1.165) is 44.9 Å². The molecule has 0 saturated heterocycles. The molecule has 3 unspecified atom stereocenters. The van der Waals surface area contributed by atoms with Crippen LogP contribution in [0.1, 0.15) is 84.5 Å². The third-order valence-electron chi connectivity index (χ3n) is 5.06. The molecule has 10 nitrogen and oxygen atoms in total. The van der Waals surface area contributed by atoms with Gasteiger partial charge in [-0.2, -0.15) is 0 Å². The van der Waals surface area contributed by atoms with Crippen molar-refractivity contribution in [1.82, 2.24) is 0 Å². The van der Waals surface area contributed by atoms with E-state index in [1.165, 1.54) is 0 Å².